The van der Waals surface area contributed by atoms with E-state index in [-0.39, 0.29) is 5.24 Å². The summed E-state index contributed by atoms with van der Waals surface area (Å²) in [6, 6.07) is 17.1. The molecule has 19 heavy (non-hydrogen) atoms. The van der Waals surface area contributed by atoms with Gasteiger partial charge in [-0.2, -0.15) is 0 Å². The molecule has 1 amide bonds. The lowest BCUT2D eigenvalue weighted by molar-refractivity contribution is 0.269. The molecule has 4 nitrogen and oxygen atoms in total. The molecule has 94 valence electrons. The van der Waals surface area contributed by atoms with Gasteiger partial charge in [0.15, 0.2) is 0 Å². The number of rotatable bonds is 2. The predicted octanol–water partition coefficient (Wildman–Crippen LogP) is 3.76. The second-order valence-corrected chi connectivity index (χ2v) is 4.88. The van der Waals surface area contributed by atoms with Crippen LogP contribution in [0.15, 0.2) is 60.9 Å². The SMILES string of the molecule is O=C(Nc1ccccc1)Sn1cnc2ccccc21. The van der Waals surface area contributed by atoms with Gasteiger partial charge in [-0.25, -0.2) is 4.98 Å². The van der Waals surface area contributed by atoms with E-state index in [0.717, 1.165) is 28.7 Å². The van der Waals surface area contributed by atoms with Gasteiger partial charge < -0.3 is 5.32 Å². The van der Waals surface area contributed by atoms with Crippen molar-refractivity contribution in [2.75, 3.05) is 5.32 Å². The molecule has 0 fully saturated rings. The Balaban J connectivity index is 1.76. The van der Waals surface area contributed by atoms with Crippen LogP contribution in [0.25, 0.3) is 11.0 Å². The van der Waals surface area contributed by atoms with Crippen molar-refractivity contribution in [3.8, 4) is 0 Å². The average Bonchev–Trinajstić information content (AvgIpc) is 2.83. The highest BCUT2D eigenvalue weighted by molar-refractivity contribution is 8.12. The van der Waals surface area contributed by atoms with E-state index in [9.17, 15) is 4.79 Å². The molecule has 0 radical (unpaired) electrons. The van der Waals surface area contributed by atoms with Crippen LogP contribution in [-0.4, -0.2) is 14.2 Å². The lowest BCUT2D eigenvalue weighted by atomic mass is 10.3. The molecule has 0 saturated heterocycles. The van der Waals surface area contributed by atoms with Gasteiger partial charge in [0.1, 0.15) is 6.33 Å². The maximum atomic E-state index is 11.9. The van der Waals surface area contributed by atoms with E-state index in [1.54, 1.807) is 10.3 Å². The highest BCUT2D eigenvalue weighted by Gasteiger charge is 2.08. The van der Waals surface area contributed by atoms with Gasteiger partial charge >= 0.3 is 5.24 Å². The van der Waals surface area contributed by atoms with Gasteiger partial charge in [-0.3, -0.25) is 8.77 Å². The molecule has 1 aromatic heterocycles. The molecule has 3 rings (SSSR count). The summed E-state index contributed by atoms with van der Waals surface area (Å²) >= 11 is 1.08. The van der Waals surface area contributed by atoms with Crippen molar-refractivity contribution in [2.24, 2.45) is 0 Å². The first-order valence-corrected chi connectivity index (χ1v) is 6.57. The van der Waals surface area contributed by atoms with Crippen molar-refractivity contribution in [3.63, 3.8) is 0 Å². The Bertz CT molecular complexity index is 709. The van der Waals surface area contributed by atoms with Crippen LogP contribution in [0.4, 0.5) is 10.5 Å². The summed E-state index contributed by atoms with van der Waals surface area (Å²) in [6.45, 7) is 0. The van der Waals surface area contributed by atoms with E-state index in [2.05, 4.69) is 10.3 Å². The largest absolute Gasteiger partial charge is 0.315 e. The summed E-state index contributed by atoms with van der Waals surface area (Å²) in [5.74, 6) is 0. The van der Waals surface area contributed by atoms with Crippen LogP contribution >= 0.6 is 11.9 Å². The predicted molar refractivity (Wildman–Crippen MR) is 78.2 cm³/mol. The quantitative estimate of drug-likeness (QED) is 0.770. The highest BCUT2D eigenvalue weighted by atomic mass is 32.2. The number of carbonyl (C=O) groups is 1. The third kappa shape index (κ3) is 2.61. The number of nitrogens with one attached hydrogen (secondary N) is 1. The monoisotopic (exact) mass is 269 g/mol. The first-order valence-electron chi connectivity index (χ1n) is 5.79. The summed E-state index contributed by atoms with van der Waals surface area (Å²) in [5.41, 5.74) is 2.59. The number of benzene rings is 2. The molecule has 0 unspecified atom stereocenters. The third-order valence-electron chi connectivity index (χ3n) is 2.62. The van der Waals surface area contributed by atoms with Gasteiger partial charge in [0, 0.05) is 5.69 Å². The molecular weight excluding hydrogens is 258 g/mol. The molecule has 1 N–H and O–H groups in total. The number of aromatic nitrogens is 2. The van der Waals surface area contributed by atoms with Crippen molar-refractivity contribution in [3.05, 3.63) is 60.9 Å². The topological polar surface area (TPSA) is 46.9 Å². The summed E-state index contributed by atoms with van der Waals surface area (Å²) in [6.07, 6.45) is 1.65. The Morgan fingerprint density at radius 3 is 2.63 bits per heavy atom. The number of hydrogen-bond acceptors (Lipinski definition) is 3. The Labute approximate surface area is 114 Å². The molecule has 2 aromatic carbocycles. The Hall–Kier alpha value is -2.27. The normalized spacial score (nSPS) is 10.5. The fraction of sp³-hybridized carbons (Fsp3) is 0. The first kappa shape index (κ1) is 11.8. The fourth-order valence-electron chi connectivity index (χ4n) is 1.76. The number of imidazole rings is 1. The van der Waals surface area contributed by atoms with E-state index < -0.39 is 0 Å². The van der Waals surface area contributed by atoms with Crippen LogP contribution in [0.5, 0.6) is 0 Å². The highest BCUT2D eigenvalue weighted by Crippen LogP contribution is 2.19. The van der Waals surface area contributed by atoms with Crippen molar-refractivity contribution < 1.29 is 4.79 Å². The number of amides is 1. The minimum atomic E-state index is -0.144. The zero-order valence-corrected chi connectivity index (χ0v) is 10.8. The van der Waals surface area contributed by atoms with Gasteiger partial charge in [-0.15, -0.1) is 0 Å². The molecule has 5 heteroatoms. The van der Waals surface area contributed by atoms with Crippen LogP contribution in [-0.2, 0) is 0 Å². The van der Waals surface area contributed by atoms with Gasteiger partial charge in [0.25, 0.3) is 0 Å². The fourth-order valence-corrected chi connectivity index (χ4v) is 2.45. The summed E-state index contributed by atoms with van der Waals surface area (Å²) in [7, 11) is 0. The van der Waals surface area contributed by atoms with E-state index >= 15 is 0 Å². The lowest BCUT2D eigenvalue weighted by Gasteiger charge is -2.04. The van der Waals surface area contributed by atoms with Crippen molar-refractivity contribution in [1.82, 2.24) is 8.96 Å². The Morgan fingerprint density at radius 1 is 1.05 bits per heavy atom. The minimum absolute atomic E-state index is 0.144. The zero-order valence-electron chi connectivity index (χ0n) is 9.98. The number of carbonyl (C=O) groups excluding carboxylic acids is 1. The van der Waals surface area contributed by atoms with Gasteiger partial charge in [0.2, 0.25) is 0 Å². The van der Waals surface area contributed by atoms with Crippen molar-refractivity contribution in [1.29, 1.82) is 0 Å². The molecule has 3 aromatic rings. The molecule has 0 aliphatic heterocycles. The minimum Gasteiger partial charge on any atom is -0.315 e. The number of fused-ring (bicyclic) bond motifs is 1. The Morgan fingerprint density at radius 2 is 1.79 bits per heavy atom. The summed E-state index contributed by atoms with van der Waals surface area (Å²) in [5, 5.41) is 2.68. The molecule has 0 bridgehead atoms. The third-order valence-corrected chi connectivity index (χ3v) is 3.38. The zero-order chi connectivity index (χ0) is 13.1. The second-order valence-electron chi connectivity index (χ2n) is 3.93. The van der Waals surface area contributed by atoms with Crippen molar-refractivity contribution >= 4 is 33.9 Å². The molecular formula is C14H11N3OS. The van der Waals surface area contributed by atoms with E-state index in [1.165, 1.54) is 0 Å². The van der Waals surface area contributed by atoms with Crippen LogP contribution in [0.3, 0.4) is 0 Å². The van der Waals surface area contributed by atoms with Crippen LogP contribution in [0.1, 0.15) is 0 Å². The maximum absolute atomic E-state index is 11.9. The van der Waals surface area contributed by atoms with Crippen LogP contribution < -0.4 is 5.32 Å². The maximum Gasteiger partial charge on any atom is 0.304 e. The molecule has 0 atom stereocenters. The average molecular weight is 269 g/mol. The first-order chi connectivity index (χ1) is 9.33. The van der Waals surface area contributed by atoms with Crippen LogP contribution in [0.2, 0.25) is 0 Å². The van der Waals surface area contributed by atoms with Gasteiger partial charge in [-0.1, -0.05) is 30.3 Å². The number of anilines is 1. The molecule has 0 spiro atoms. The number of para-hydroxylation sites is 3. The molecule has 0 saturated carbocycles. The summed E-state index contributed by atoms with van der Waals surface area (Å²) < 4.78 is 1.76. The Kier molecular flexibility index (Phi) is 3.20. The van der Waals surface area contributed by atoms with E-state index in [1.807, 2.05) is 54.6 Å². The van der Waals surface area contributed by atoms with Gasteiger partial charge in [-0.05, 0) is 24.3 Å². The molecule has 0 aliphatic rings. The van der Waals surface area contributed by atoms with Gasteiger partial charge in [0.05, 0.1) is 23.0 Å². The second kappa shape index (κ2) is 5.16. The molecule has 0 aliphatic carbocycles. The standard InChI is InChI=1S/C14H11N3OS/c18-14(16-11-6-2-1-3-7-11)19-17-10-15-12-8-4-5-9-13(12)17/h1-10H,(H,16,18). The smallest absolute Gasteiger partial charge is 0.304 e. The number of nitrogens with zero attached hydrogens (tertiary/aromatic N) is 2. The van der Waals surface area contributed by atoms with E-state index in [4.69, 9.17) is 0 Å². The van der Waals surface area contributed by atoms with Crippen LogP contribution in [0, 0.1) is 0 Å². The number of hydrogen-bond donors (Lipinski definition) is 1. The van der Waals surface area contributed by atoms with E-state index in [0.29, 0.717) is 0 Å². The molecule has 1 heterocycles. The summed E-state index contributed by atoms with van der Waals surface area (Å²) in [4.78, 5) is 16.2. The lowest BCUT2D eigenvalue weighted by Crippen LogP contribution is -2.06. The van der Waals surface area contributed by atoms with Crippen molar-refractivity contribution in [2.45, 2.75) is 0 Å².